The number of aliphatic hydroxyl groups excluding tert-OH is 1. The number of hydrogen-bond acceptors (Lipinski definition) is 9. The van der Waals surface area contributed by atoms with Crippen LogP contribution in [0.4, 0.5) is 19.0 Å². The van der Waals surface area contributed by atoms with Crippen molar-refractivity contribution in [2.75, 3.05) is 57.8 Å². The van der Waals surface area contributed by atoms with Crippen LogP contribution in [0.3, 0.4) is 0 Å². The Kier molecular flexibility index (Phi) is 7.73. The van der Waals surface area contributed by atoms with Gasteiger partial charge in [-0.15, -0.1) is 0 Å². The molecule has 2 fully saturated rings. The lowest BCUT2D eigenvalue weighted by atomic mass is 9.72. The second kappa shape index (κ2) is 10.8. The van der Waals surface area contributed by atoms with Crippen molar-refractivity contribution in [1.82, 2.24) is 25.3 Å². The molecule has 13 heteroatoms. The van der Waals surface area contributed by atoms with Crippen molar-refractivity contribution in [3.05, 3.63) is 40.2 Å². The number of anilines is 1. The van der Waals surface area contributed by atoms with Crippen LogP contribution in [-0.2, 0) is 0 Å². The van der Waals surface area contributed by atoms with Crippen molar-refractivity contribution in [2.45, 2.75) is 33.1 Å². The van der Waals surface area contributed by atoms with E-state index in [4.69, 9.17) is 30.8 Å². The molecule has 0 saturated carbocycles. The first-order valence-electron chi connectivity index (χ1n) is 13.0. The van der Waals surface area contributed by atoms with Gasteiger partial charge >= 0.3 is 6.18 Å². The summed E-state index contributed by atoms with van der Waals surface area (Å²) in [4.78, 5) is 13.3. The van der Waals surface area contributed by atoms with E-state index in [0.717, 1.165) is 11.1 Å². The number of aliphatic hydroxyl groups is 1. The number of likely N-dealkylation sites (N-methyl/N-ethyl adjacent to an activating group) is 1. The van der Waals surface area contributed by atoms with E-state index in [1.165, 1.54) is 4.90 Å². The minimum absolute atomic E-state index is 0.0907. The molecule has 2 aromatic heterocycles. The molecule has 1 atom stereocenters. The molecular weight excluding hydrogens is 549 g/mol. The number of nitrogens with zero attached hydrogens (tertiary/aromatic N) is 5. The van der Waals surface area contributed by atoms with Gasteiger partial charge in [-0.2, -0.15) is 13.2 Å². The lowest BCUT2D eigenvalue weighted by Gasteiger charge is -2.61. The van der Waals surface area contributed by atoms with Gasteiger partial charge < -0.3 is 24.6 Å². The molecule has 5 rings (SSSR count). The largest absolute Gasteiger partial charge is 0.491 e. The van der Waals surface area contributed by atoms with Gasteiger partial charge in [-0.05, 0) is 46.0 Å². The number of likely N-dealkylation sites (tertiary alicyclic amines) is 1. The first-order chi connectivity index (χ1) is 18.9. The smallest absolute Gasteiger partial charge is 0.401 e. The van der Waals surface area contributed by atoms with Crippen molar-refractivity contribution >= 4 is 17.4 Å². The number of aromatic nitrogens is 3. The van der Waals surface area contributed by atoms with Crippen LogP contribution in [0, 0.1) is 26.2 Å². The molecule has 0 amide bonds. The SMILES string of the molecule is CNC[C@@H](O)COc1ccc(Cl)c(-c2nc(-c3c(C)noc3C)c(C)c(N3CC4(CN(CC(F)(F)F)C4)C3)n2)c1. The zero-order valence-corrected chi connectivity index (χ0v) is 23.5. The molecule has 2 aliphatic heterocycles. The minimum atomic E-state index is -4.20. The standard InChI is InChI=1S/C27H32ClF3N6O3/c1-15-23(22-16(2)35-40-17(22)3)33-24(20-7-19(5-6-21(20)28)39-9-18(38)8-32-4)34-25(15)37-12-26(13-37)10-36(11-26)14-27(29,30)31/h5-7,18,32,38H,8-14H2,1-4H3/t18-/m1/s1. The summed E-state index contributed by atoms with van der Waals surface area (Å²) in [5.74, 6) is 2.17. The summed E-state index contributed by atoms with van der Waals surface area (Å²) < 4.78 is 49.6. The van der Waals surface area contributed by atoms with Crippen LogP contribution in [0.1, 0.15) is 17.0 Å². The summed E-state index contributed by atoms with van der Waals surface area (Å²) in [5.41, 5.74) is 3.28. The monoisotopic (exact) mass is 580 g/mol. The number of aryl methyl sites for hydroxylation is 2. The Morgan fingerprint density at radius 2 is 1.90 bits per heavy atom. The van der Waals surface area contributed by atoms with Crippen molar-refractivity contribution < 1.29 is 27.5 Å². The Morgan fingerprint density at radius 3 is 2.52 bits per heavy atom. The highest BCUT2D eigenvalue weighted by atomic mass is 35.5. The molecule has 3 aromatic rings. The van der Waals surface area contributed by atoms with E-state index in [9.17, 15) is 18.3 Å². The average molecular weight is 581 g/mol. The molecule has 0 aliphatic carbocycles. The molecule has 0 radical (unpaired) electrons. The number of nitrogens with one attached hydrogen (secondary N) is 1. The van der Waals surface area contributed by atoms with E-state index in [1.54, 1.807) is 25.2 Å². The Morgan fingerprint density at radius 1 is 1.18 bits per heavy atom. The first kappa shape index (κ1) is 28.6. The Hall–Kier alpha value is -2.93. The minimum Gasteiger partial charge on any atom is -0.491 e. The van der Waals surface area contributed by atoms with Gasteiger partial charge in [0.05, 0.1) is 28.5 Å². The van der Waals surface area contributed by atoms with Gasteiger partial charge in [0.15, 0.2) is 5.82 Å². The van der Waals surface area contributed by atoms with Crippen molar-refractivity contribution in [3.8, 4) is 28.4 Å². The fraction of sp³-hybridized carbons (Fsp3) is 0.519. The second-order valence-electron chi connectivity index (χ2n) is 10.8. The average Bonchev–Trinajstić information content (AvgIpc) is 3.17. The number of alkyl halides is 3. The number of benzene rings is 1. The van der Waals surface area contributed by atoms with Crippen molar-refractivity contribution in [3.63, 3.8) is 0 Å². The van der Waals surface area contributed by atoms with Gasteiger partial charge in [-0.1, -0.05) is 16.8 Å². The Labute approximate surface area is 235 Å². The molecule has 0 bridgehead atoms. The fourth-order valence-electron chi connectivity index (χ4n) is 5.63. The molecule has 1 spiro atoms. The molecule has 1 aromatic carbocycles. The number of rotatable bonds is 9. The third-order valence-electron chi connectivity index (χ3n) is 7.32. The quantitative estimate of drug-likeness (QED) is 0.389. The number of ether oxygens (including phenoxy) is 1. The molecule has 216 valence electrons. The Balaban J connectivity index is 1.47. The summed E-state index contributed by atoms with van der Waals surface area (Å²) in [6.45, 7) is 7.17. The maximum absolute atomic E-state index is 12.8. The molecule has 2 N–H and O–H groups in total. The third-order valence-corrected chi connectivity index (χ3v) is 7.65. The maximum Gasteiger partial charge on any atom is 0.401 e. The van der Waals surface area contributed by atoms with E-state index in [1.807, 2.05) is 20.8 Å². The number of halogens is 4. The summed E-state index contributed by atoms with van der Waals surface area (Å²) in [6.07, 6.45) is -4.88. The van der Waals surface area contributed by atoms with E-state index in [0.29, 0.717) is 77.8 Å². The lowest BCUT2D eigenvalue weighted by molar-refractivity contribution is -0.172. The molecule has 2 saturated heterocycles. The van der Waals surface area contributed by atoms with E-state index < -0.39 is 18.8 Å². The summed E-state index contributed by atoms with van der Waals surface area (Å²) in [6, 6.07) is 5.14. The van der Waals surface area contributed by atoms with Crippen LogP contribution in [0.5, 0.6) is 5.75 Å². The summed E-state index contributed by atoms with van der Waals surface area (Å²) in [5, 5.41) is 17.4. The zero-order valence-electron chi connectivity index (χ0n) is 22.8. The molecule has 9 nitrogen and oxygen atoms in total. The van der Waals surface area contributed by atoms with Crippen LogP contribution < -0.4 is 15.0 Å². The zero-order chi connectivity index (χ0) is 28.8. The van der Waals surface area contributed by atoms with Gasteiger partial charge in [0.1, 0.15) is 30.0 Å². The molecule has 40 heavy (non-hydrogen) atoms. The van der Waals surface area contributed by atoms with Crippen LogP contribution in [-0.4, -0.2) is 90.3 Å². The van der Waals surface area contributed by atoms with Gasteiger partial charge in [-0.3, -0.25) is 4.90 Å². The highest BCUT2D eigenvalue weighted by Gasteiger charge is 2.54. The lowest BCUT2D eigenvalue weighted by Crippen LogP contribution is -2.73. The predicted molar refractivity (Wildman–Crippen MR) is 145 cm³/mol. The van der Waals surface area contributed by atoms with Crippen molar-refractivity contribution in [1.29, 1.82) is 0 Å². The third kappa shape index (κ3) is 5.76. The fourth-order valence-corrected chi connectivity index (χ4v) is 5.83. The van der Waals surface area contributed by atoms with Gasteiger partial charge in [0.2, 0.25) is 0 Å². The van der Waals surface area contributed by atoms with Crippen molar-refractivity contribution in [2.24, 2.45) is 5.41 Å². The van der Waals surface area contributed by atoms with Crippen LogP contribution in [0.2, 0.25) is 5.02 Å². The molecule has 0 unspecified atom stereocenters. The van der Waals surface area contributed by atoms with E-state index in [2.05, 4.69) is 15.4 Å². The second-order valence-corrected chi connectivity index (χ2v) is 11.2. The topological polar surface area (TPSA) is 99.8 Å². The van der Waals surface area contributed by atoms with Gasteiger partial charge in [0, 0.05) is 49.3 Å². The van der Waals surface area contributed by atoms with Gasteiger partial charge in [-0.25, -0.2) is 9.97 Å². The van der Waals surface area contributed by atoms with Crippen LogP contribution in [0.15, 0.2) is 22.7 Å². The molecule has 2 aliphatic rings. The van der Waals surface area contributed by atoms with Crippen LogP contribution >= 0.6 is 11.6 Å². The first-order valence-corrected chi connectivity index (χ1v) is 13.4. The summed E-state index contributed by atoms with van der Waals surface area (Å²) >= 11 is 6.61. The van der Waals surface area contributed by atoms with Gasteiger partial charge in [0.25, 0.3) is 0 Å². The normalized spacial score (nSPS) is 17.6. The highest BCUT2D eigenvalue weighted by Crippen LogP contribution is 2.45. The number of hydrogen-bond donors (Lipinski definition) is 2. The highest BCUT2D eigenvalue weighted by molar-refractivity contribution is 6.33. The van der Waals surface area contributed by atoms with E-state index >= 15 is 0 Å². The Bertz CT molecular complexity index is 1370. The molecule has 4 heterocycles. The molecular formula is C27H32ClF3N6O3. The van der Waals surface area contributed by atoms with Crippen LogP contribution in [0.25, 0.3) is 22.6 Å². The maximum atomic E-state index is 12.8. The summed E-state index contributed by atoms with van der Waals surface area (Å²) in [7, 11) is 1.75. The predicted octanol–water partition coefficient (Wildman–Crippen LogP) is 4.02. The van der Waals surface area contributed by atoms with E-state index in [-0.39, 0.29) is 12.0 Å².